The first-order chi connectivity index (χ1) is 18.0. The Morgan fingerprint density at radius 1 is 1.08 bits per heavy atom. The number of carbonyl (C=O) groups excluding carboxylic acids is 4. The molecule has 3 atom stereocenters. The maximum Gasteiger partial charge on any atom is 0.273 e. The molecule has 1 N–H and O–H groups in total. The number of fused-ring (bicyclic) bond motifs is 1. The van der Waals surface area contributed by atoms with Crippen molar-refractivity contribution in [3.63, 3.8) is 0 Å². The largest absolute Gasteiger partial charge is 0.340 e. The molecule has 0 radical (unpaired) electrons. The van der Waals surface area contributed by atoms with Gasteiger partial charge in [0, 0.05) is 23.2 Å². The minimum Gasteiger partial charge on any atom is -0.340 e. The molecule has 9 heteroatoms. The third-order valence-corrected chi connectivity index (χ3v) is 7.90. The van der Waals surface area contributed by atoms with Crippen LogP contribution in [0, 0.1) is 0 Å². The Morgan fingerprint density at radius 3 is 2.57 bits per heavy atom. The van der Waals surface area contributed by atoms with E-state index in [1.165, 1.54) is 4.90 Å². The van der Waals surface area contributed by atoms with Gasteiger partial charge in [0.15, 0.2) is 5.78 Å². The second-order valence-corrected chi connectivity index (χ2v) is 10.3. The van der Waals surface area contributed by atoms with E-state index in [4.69, 9.17) is 0 Å². The molecule has 190 valence electrons. The lowest BCUT2D eigenvalue weighted by Gasteiger charge is -2.28. The number of carbonyl (C=O) groups is 4. The Labute approximate surface area is 219 Å². The molecular formula is C28H28N4O4S. The summed E-state index contributed by atoms with van der Waals surface area (Å²) in [4.78, 5) is 60.9. The van der Waals surface area contributed by atoms with Crippen molar-refractivity contribution in [1.82, 2.24) is 20.1 Å². The van der Waals surface area contributed by atoms with Gasteiger partial charge >= 0.3 is 0 Å². The Morgan fingerprint density at radius 2 is 1.89 bits per heavy atom. The van der Waals surface area contributed by atoms with Gasteiger partial charge in [-0.05, 0) is 54.1 Å². The number of thiophene rings is 1. The molecule has 0 bridgehead atoms. The van der Waals surface area contributed by atoms with Crippen LogP contribution in [0.3, 0.4) is 0 Å². The van der Waals surface area contributed by atoms with Gasteiger partial charge in [-0.1, -0.05) is 37.6 Å². The summed E-state index contributed by atoms with van der Waals surface area (Å²) in [6.07, 6.45) is 3.20. The quantitative estimate of drug-likeness (QED) is 0.519. The van der Waals surface area contributed by atoms with Gasteiger partial charge in [0.05, 0.1) is 12.6 Å². The fourth-order valence-electron chi connectivity index (χ4n) is 5.19. The summed E-state index contributed by atoms with van der Waals surface area (Å²) in [6.45, 7) is 2.26. The number of nitrogens with one attached hydrogen (secondary N) is 1. The molecule has 37 heavy (non-hydrogen) atoms. The molecule has 2 aromatic heterocycles. The third-order valence-electron chi connectivity index (χ3n) is 6.98. The summed E-state index contributed by atoms with van der Waals surface area (Å²) >= 11 is 1.63. The molecule has 2 fully saturated rings. The molecule has 2 aliphatic rings. The van der Waals surface area contributed by atoms with Crippen molar-refractivity contribution in [2.45, 2.75) is 44.3 Å². The molecule has 2 saturated heterocycles. The zero-order valence-electron chi connectivity index (χ0n) is 20.5. The first-order valence-electron chi connectivity index (χ1n) is 12.5. The van der Waals surface area contributed by atoms with Crippen molar-refractivity contribution < 1.29 is 19.2 Å². The van der Waals surface area contributed by atoms with E-state index >= 15 is 0 Å². The van der Waals surface area contributed by atoms with Gasteiger partial charge in [-0.15, -0.1) is 11.3 Å². The topological polar surface area (TPSA) is 99.7 Å². The van der Waals surface area contributed by atoms with E-state index in [1.54, 1.807) is 52.8 Å². The molecule has 3 aromatic rings. The minimum absolute atomic E-state index is 0.0457. The van der Waals surface area contributed by atoms with Crippen LogP contribution in [0.2, 0.25) is 0 Å². The SMILES string of the molecule is CCCC(NC(=O)c1ccc(-c2cccs2)cc1)C(=O)N1CCC2C1C(=O)CN2C(=O)c1ccccn1. The number of hydrogen-bond donors (Lipinski definition) is 1. The van der Waals surface area contributed by atoms with Crippen molar-refractivity contribution in [2.75, 3.05) is 13.1 Å². The zero-order valence-corrected chi connectivity index (χ0v) is 21.3. The lowest BCUT2D eigenvalue weighted by Crippen LogP contribution is -2.52. The Hall–Kier alpha value is -3.85. The molecule has 5 rings (SSSR count). The molecule has 0 aliphatic carbocycles. The van der Waals surface area contributed by atoms with Crippen LogP contribution in [-0.2, 0) is 9.59 Å². The molecule has 8 nitrogen and oxygen atoms in total. The second kappa shape index (κ2) is 10.6. The van der Waals surface area contributed by atoms with E-state index in [1.807, 2.05) is 36.6 Å². The van der Waals surface area contributed by atoms with Crippen LogP contribution in [0.1, 0.15) is 47.0 Å². The van der Waals surface area contributed by atoms with Crippen molar-refractivity contribution in [3.8, 4) is 10.4 Å². The number of amides is 3. The number of rotatable bonds is 7. The van der Waals surface area contributed by atoms with Crippen molar-refractivity contribution in [1.29, 1.82) is 0 Å². The first-order valence-corrected chi connectivity index (χ1v) is 13.4. The second-order valence-electron chi connectivity index (χ2n) is 9.32. The van der Waals surface area contributed by atoms with Crippen LogP contribution in [0.25, 0.3) is 10.4 Å². The number of likely N-dealkylation sites (tertiary alicyclic amines) is 2. The van der Waals surface area contributed by atoms with Gasteiger partial charge in [0.2, 0.25) is 5.91 Å². The van der Waals surface area contributed by atoms with Gasteiger partial charge in [0.25, 0.3) is 11.8 Å². The number of benzene rings is 1. The normalized spacial score (nSPS) is 19.5. The van der Waals surface area contributed by atoms with Crippen LogP contribution in [0.4, 0.5) is 0 Å². The number of pyridine rings is 1. The standard InChI is InChI=1S/C28H28N4O4S/c1-2-6-21(30-26(34)19-11-9-18(10-12-19)24-8-5-16-37-24)28(36)31-15-13-22-25(31)23(33)17-32(22)27(35)20-7-3-4-14-29-20/h3-5,7-12,14,16,21-22,25H,2,6,13,15,17H2,1H3,(H,30,34). The van der Waals surface area contributed by atoms with E-state index < -0.39 is 12.1 Å². The third kappa shape index (κ3) is 4.91. The van der Waals surface area contributed by atoms with Gasteiger partial charge < -0.3 is 15.1 Å². The molecule has 2 aliphatic heterocycles. The summed E-state index contributed by atoms with van der Waals surface area (Å²) in [5.41, 5.74) is 1.78. The van der Waals surface area contributed by atoms with Crippen LogP contribution in [-0.4, -0.2) is 69.5 Å². The average molecular weight is 517 g/mol. The molecule has 0 spiro atoms. The van der Waals surface area contributed by atoms with Gasteiger partial charge in [-0.3, -0.25) is 24.2 Å². The predicted octanol–water partition coefficient (Wildman–Crippen LogP) is 3.40. The van der Waals surface area contributed by atoms with E-state index in [9.17, 15) is 19.2 Å². The van der Waals surface area contributed by atoms with E-state index in [-0.39, 0.29) is 41.8 Å². The highest BCUT2D eigenvalue weighted by molar-refractivity contribution is 7.13. The van der Waals surface area contributed by atoms with E-state index in [2.05, 4.69) is 10.3 Å². The van der Waals surface area contributed by atoms with Crippen LogP contribution >= 0.6 is 11.3 Å². The maximum absolute atomic E-state index is 13.6. The summed E-state index contributed by atoms with van der Waals surface area (Å²) in [5.74, 6) is -1.07. The monoisotopic (exact) mass is 516 g/mol. The van der Waals surface area contributed by atoms with Crippen LogP contribution < -0.4 is 5.32 Å². The summed E-state index contributed by atoms with van der Waals surface area (Å²) in [5, 5.41) is 4.89. The predicted molar refractivity (Wildman–Crippen MR) is 140 cm³/mol. The molecule has 3 unspecified atom stereocenters. The van der Waals surface area contributed by atoms with Crippen molar-refractivity contribution in [3.05, 3.63) is 77.4 Å². The first kappa shape index (κ1) is 24.8. The zero-order chi connectivity index (χ0) is 25.9. The van der Waals surface area contributed by atoms with Crippen molar-refractivity contribution in [2.24, 2.45) is 0 Å². The molecule has 3 amide bonds. The van der Waals surface area contributed by atoms with Crippen LogP contribution in [0.15, 0.2) is 66.2 Å². The highest BCUT2D eigenvalue weighted by Crippen LogP contribution is 2.31. The number of aromatic nitrogens is 1. The molecule has 0 saturated carbocycles. The molecular weight excluding hydrogens is 488 g/mol. The van der Waals surface area contributed by atoms with Gasteiger partial charge in [-0.25, -0.2) is 0 Å². The summed E-state index contributed by atoms with van der Waals surface area (Å²) < 4.78 is 0. The smallest absolute Gasteiger partial charge is 0.273 e. The van der Waals surface area contributed by atoms with Crippen molar-refractivity contribution >= 4 is 34.8 Å². The number of hydrogen-bond acceptors (Lipinski definition) is 6. The van der Waals surface area contributed by atoms with E-state index in [0.29, 0.717) is 31.4 Å². The van der Waals surface area contributed by atoms with E-state index in [0.717, 1.165) is 10.4 Å². The Kier molecular flexibility index (Phi) is 7.14. The number of ketones is 1. The fourth-order valence-corrected chi connectivity index (χ4v) is 5.92. The van der Waals surface area contributed by atoms with Gasteiger partial charge in [-0.2, -0.15) is 0 Å². The fraction of sp³-hybridized carbons (Fsp3) is 0.321. The number of nitrogens with zero attached hydrogens (tertiary/aromatic N) is 3. The lowest BCUT2D eigenvalue weighted by atomic mass is 10.1. The lowest BCUT2D eigenvalue weighted by molar-refractivity contribution is -0.138. The molecule has 1 aromatic carbocycles. The Balaban J connectivity index is 1.28. The summed E-state index contributed by atoms with van der Waals surface area (Å²) in [7, 11) is 0. The highest BCUT2D eigenvalue weighted by atomic mass is 32.1. The number of Topliss-reactive ketones (excluding diaryl/α,β-unsaturated/α-hetero) is 1. The van der Waals surface area contributed by atoms with Crippen LogP contribution in [0.5, 0.6) is 0 Å². The van der Waals surface area contributed by atoms with Gasteiger partial charge in [0.1, 0.15) is 17.8 Å². The average Bonchev–Trinajstić information content (AvgIpc) is 3.67. The summed E-state index contributed by atoms with van der Waals surface area (Å²) in [6, 6.07) is 14.6. The minimum atomic E-state index is -0.749. The molecule has 4 heterocycles. The Bertz CT molecular complexity index is 1290. The maximum atomic E-state index is 13.6. The highest BCUT2D eigenvalue weighted by Gasteiger charge is 2.52.